The smallest absolute Gasteiger partial charge is 0.266 e. The Hall–Kier alpha value is -2.35. The summed E-state index contributed by atoms with van der Waals surface area (Å²) in [6.45, 7) is 0. The fourth-order valence-corrected chi connectivity index (χ4v) is 2.07. The zero-order valence-electron chi connectivity index (χ0n) is 10.7. The van der Waals surface area contributed by atoms with Crippen LogP contribution in [0.1, 0.15) is 5.56 Å². The highest BCUT2D eigenvalue weighted by Gasteiger charge is 2.13. The highest BCUT2D eigenvalue weighted by Crippen LogP contribution is 2.30. The lowest BCUT2D eigenvalue weighted by atomic mass is 10.1. The van der Waals surface area contributed by atoms with E-state index in [4.69, 9.17) is 28.5 Å². The Morgan fingerprint density at radius 1 is 1.24 bits per heavy atom. The first-order valence-corrected chi connectivity index (χ1v) is 6.64. The fraction of sp³-hybridized carbons (Fsp3) is 0. The van der Waals surface area contributed by atoms with Gasteiger partial charge >= 0.3 is 0 Å². The van der Waals surface area contributed by atoms with Crippen molar-refractivity contribution in [2.24, 2.45) is 0 Å². The molecule has 0 fully saturated rings. The van der Waals surface area contributed by atoms with Crippen molar-refractivity contribution >= 4 is 40.9 Å². The van der Waals surface area contributed by atoms with Crippen LogP contribution in [0.25, 0.3) is 6.08 Å². The average Bonchev–Trinajstić information content (AvgIpc) is 2.49. The van der Waals surface area contributed by atoms with Gasteiger partial charge in [0.1, 0.15) is 11.6 Å². The first kappa shape index (κ1) is 15.0. The number of carbonyl (C=O) groups excluding carboxylic acids is 1. The van der Waals surface area contributed by atoms with Crippen molar-refractivity contribution in [2.45, 2.75) is 0 Å². The molecule has 0 bridgehead atoms. The van der Waals surface area contributed by atoms with Crippen molar-refractivity contribution in [3.63, 3.8) is 0 Å². The molecule has 0 unspecified atom stereocenters. The van der Waals surface area contributed by atoms with E-state index in [2.05, 4.69) is 10.3 Å². The third-order valence-corrected chi connectivity index (χ3v) is 3.19. The summed E-state index contributed by atoms with van der Waals surface area (Å²) in [5.41, 5.74) is 0.853. The number of amides is 1. The van der Waals surface area contributed by atoms with Crippen molar-refractivity contribution in [2.75, 3.05) is 5.32 Å². The molecule has 1 amide bonds. The minimum Gasteiger partial charge on any atom is -0.319 e. The molecule has 1 N–H and O–H groups in total. The van der Waals surface area contributed by atoms with Gasteiger partial charge in [-0.1, -0.05) is 35.3 Å². The van der Waals surface area contributed by atoms with E-state index in [9.17, 15) is 4.79 Å². The number of rotatable bonds is 3. The van der Waals surface area contributed by atoms with Gasteiger partial charge in [0, 0.05) is 12.4 Å². The average molecular weight is 318 g/mol. The molecule has 0 saturated carbocycles. The topological polar surface area (TPSA) is 65.8 Å². The molecule has 2 aromatic rings. The number of halogens is 2. The highest BCUT2D eigenvalue weighted by molar-refractivity contribution is 6.40. The molecule has 0 atom stereocenters. The number of hydrogen-bond acceptors (Lipinski definition) is 3. The van der Waals surface area contributed by atoms with Crippen LogP contribution in [0.3, 0.4) is 0 Å². The lowest BCUT2D eigenvalue weighted by Crippen LogP contribution is -2.14. The maximum Gasteiger partial charge on any atom is 0.266 e. The number of carbonyl (C=O) groups is 1. The second-order valence-corrected chi connectivity index (χ2v) is 4.82. The molecule has 0 radical (unpaired) electrons. The summed E-state index contributed by atoms with van der Waals surface area (Å²) in [5.74, 6) is -0.587. The Kier molecular flexibility index (Phi) is 4.94. The van der Waals surface area contributed by atoms with Gasteiger partial charge in [0.25, 0.3) is 5.91 Å². The van der Waals surface area contributed by atoms with Crippen molar-refractivity contribution < 1.29 is 4.79 Å². The minimum absolute atomic E-state index is 0.0704. The van der Waals surface area contributed by atoms with Crippen molar-refractivity contribution in [1.29, 1.82) is 5.26 Å². The van der Waals surface area contributed by atoms with Crippen LogP contribution in [0.4, 0.5) is 5.69 Å². The van der Waals surface area contributed by atoms with E-state index in [1.54, 1.807) is 42.7 Å². The number of nitriles is 1. The summed E-state index contributed by atoms with van der Waals surface area (Å²) < 4.78 is 0. The summed E-state index contributed by atoms with van der Waals surface area (Å²) in [4.78, 5) is 16.0. The molecule has 104 valence electrons. The maximum atomic E-state index is 12.1. The van der Waals surface area contributed by atoms with Gasteiger partial charge in [0.15, 0.2) is 0 Å². The Bertz CT molecular complexity index is 716. The monoisotopic (exact) mass is 317 g/mol. The lowest BCUT2D eigenvalue weighted by Gasteiger charge is -2.08. The van der Waals surface area contributed by atoms with Crippen LogP contribution >= 0.6 is 23.2 Å². The van der Waals surface area contributed by atoms with Gasteiger partial charge < -0.3 is 5.32 Å². The van der Waals surface area contributed by atoms with Gasteiger partial charge in [-0.05, 0) is 29.8 Å². The third kappa shape index (κ3) is 3.82. The summed E-state index contributed by atoms with van der Waals surface area (Å²) in [7, 11) is 0. The van der Waals surface area contributed by atoms with Gasteiger partial charge in [-0.3, -0.25) is 9.78 Å². The molecule has 2 rings (SSSR count). The van der Waals surface area contributed by atoms with Crippen LogP contribution in [-0.2, 0) is 4.79 Å². The van der Waals surface area contributed by atoms with Gasteiger partial charge in [-0.25, -0.2) is 0 Å². The predicted molar refractivity (Wildman–Crippen MR) is 82.9 cm³/mol. The maximum absolute atomic E-state index is 12.1. The molecule has 4 nitrogen and oxygen atoms in total. The first-order chi connectivity index (χ1) is 10.1. The summed E-state index contributed by atoms with van der Waals surface area (Å²) in [6, 6.07) is 10.2. The first-order valence-electron chi connectivity index (χ1n) is 5.89. The Morgan fingerprint density at radius 3 is 2.52 bits per heavy atom. The second kappa shape index (κ2) is 6.89. The summed E-state index contributed by atoms with van der Waals surface area (Å²) >= 11 is 11.9. The van der Waals surface area contributed by atoms with Crippen molar-refractivity contribution in [1.82, 2.24) is 4.98 Å². The number of benzene rings is 1. The van der Waals surface area contributed by atoms with Crippen LogP contribution in [0.15, 0.2) is 48.3 Å². The molecule has 0 aliphatic rings. The van der Waals surface area contributed by atoms with Crippen LogP contribution in [0.5, 0.6) is 0 Å². The molecule has 0 spiro atoms. The normalized spacial score (nSPS) is 10.8. The lowest BCUT2D eigenvalue weighted by molar-refractivity contribution is -0.112. The number of para-hydroxylation sites is 1. The molecule has 21 heavy (non-hydrogen) atoms. The van der Waals surface area contributed by atoms with E-state index in [0.717, 1.165) is 0 Å². The van der Waals surface area contributed by atoms with E-state index in [1.165, 1.54) is 6.08 Å². The van der Waals surface area contributed by atoms with Crippen LogP contribution in [-0.4, -0.2) is 10.9 Å². The van der Waals surface area contributed by atoms with Crippen LogP contribution in [0, 0.1) is 11.3 Å². The van der Waals surface area contributed by atoms with E-state index < -0.39 is 5.91 Å². The Labute approximate surface area is 131 Å². The molecular weight excluding hydrogens is 309 g/mol. The fourth-order valence-electron chi connectivity index (χ4n) is 1.57. The standard InChI is InChI=1S/C15H9Cl2N3O/c16-12-4-1-5-13(17)14(12)20-15(21)11(8-18)7-10-3-2-6-19-9-10/h1-7,9H,(H,20,21)/b11-7+. The van der Waals surface area contributed by atoms with Crippen molar-refractivity contribution in [3.05, 3.63) is 63.9 Å². The third-order valence-electron chi connectivity index (χ3n) is 2.56. The number of pyridine rings is 1. The molecule has 1 heterocycles. The summed E-state index contributed by atoms with van der Waals surface area (Å²) in [5, 5.41) is 12.2. The van der Waals surface area contributed by atoms with E-state index in [0.29, 0.717) is 15.6 Å². The Balaban J connectivity index is 2.27. The zero-order valence-corrected chi connectivity index (χ0v) is 12.2. The van der Waals surface area contributed by atoms with E-state index >= 15 is 0 Å². The molecule has 1 aromatic carbocycles. The van der Waals surface area contributed by atoms with Gasteiger partial charge in [0.2, 0.25) is 0 Å². The van der Waals surface area contributed by atoms with Crippen molar-refractivity contribution in [3.8, 4) is 6.07 Å². The minimum atomic E-state index is -0.587. The van der Waals surface area contributed by atoms with Gasteiger partial charge in [0.05, 0.1) is 15.7 Å². The number of hydrogen-bond donors (Lipinski definition) is 1. The Morgan fingerprint density at radius 2 is 1.95 bits per heavy atom. The number of nitrogens with zero attached hydrogens (tertiary/aromatic N) is 2. The number of anilines is 1. The molecule has 0 aliphatic heterocycles. The van der Waals surface area contributed by atoms with Crippen LogP contribution in [0.2, 0.25) is 10.0 Å². The SMILES string of the molecule is N#C/C(=C\c1cccnc1)C(=O)Nc1c(Cl)cccc1Cl. The second-order valence-electron chi connectivity index (χ2n) is 4.01. The largest absolute Gasteiger partial charge is 0.319 e. The molecule has 6 heteroatoms. The number of aromatic nitrogens is 1. The van der Waals surface area contributed by atoms with Gasteiger partial charge in [-0.2, -0.15) is 5.26 Å². The van der Waals surface area contributed by atoms with E-state index in [1.807, 2.05) is 6.07 Å². The molecule has 0 saturated heterocycles. The van der Waals surface area contributed by atoms with Gasteiger partial charge in [-0.15, -0.1) is 0 Å². The van der Waals surface area contributed by atoms with Crippen LogP contribution < -0.4 is 5.32 Å². The molecule has 0 aliphatic carbocycles. The number of nitrogens with one attached hydrogen (secondary N) is 1. The quantitative estimate of drug-likeness (QED) is 0.689. The summed E-state index contributed by atoms with van der Waals surface area (Å²) in [6.07, 6.45) is 4.59. The zero-order chi connectivity index (χ0) is 15.2. The molecular formula is C15H9Cl2N3O. The predicted octanol–water partition coefficient (Wildman–Crippen LogP) is 3.93. The highest BCUT2D eigenvalue weighted by atomic mass is 35.5. The molecule has 1 aromatic heterocycles. The van der Waals surface area contributed by atoms with E-state index in [-0.39, 0.29) is 11.3 Å².